The molecule has 0 atom stereocenters. The Kier molecular flexibility index (Phi) is 5.21. The van der Waals surface area contributed by atoms with Gasteiger partial charge in [-0.3, -0.25) is 0 Å². The van der Waals surface area contributed by atoms with Crippen molar-refractivity contribution < 1.29 is 9.47 Å². The maximum absolute atomic E-state index is 7.20. The highest BCUT2D eigenvalue weighted by atomic mass is 32.2. The Hall–Kier alpha value is -4.59. The molecule has 0 unspecified atom stereocenters. The molecule has 0 radical (unpaired) electrons. The van der Waals surface area contributed by atoms with Gasteiger partial charge in [0, 0.05) is 66.0 Å². The van der Waals surface area contributed by atoms with Crippen LogP contribution in [0.3, 0.4) is 0 Å². The topological polar surface area (TPSA) is 18.5 Å². The molecule has 230 valence electrons. The third-order valence-electron chi connectivity index (χ3n) is 10.9. The lowest BCUT2D eigenvalue weighted by molar-refractivity contribution is 0.470. The number of ether oxygens (including phenoxy) is 2. The molecule has 0 fully saturated rings. The van der Waals surface area contributed by atoms with Gasteiger partial charge in [-0.2, -0.15) is 0 Å². The molecule has 0 N–H and O–H groups in total. The molecule has 7 aromatic carbocycles. The molecule has 0 saturated carbocycles. The van der Waals surface area contributed by atoms with E-state index in [9.17, 15) is 0 Å². The molecule has 2 nitrogen and oxygen atoms in total. The van der Waals surface area contributed by atoms with Crippen LogP contribution in [-0.4, -0.2) is 13.4 Å². The molecular formula is C42H20B2O2S4. The number of hydrogen-bond acceptors (Lipinski definition) is 6. The molecule has 4 aliphatic rings. The van der Waals surface area contributed by atoms with Gasteiger partial charge in [0.1, 0.15) is 23.0 Å². The van der Waals surface area contributed by atoms with Gasteiger partial charge in [-0.05, 0) is 58.2 Å². The summed E-state index contributed by atoms with van der Waals surface area (Å²) >= 11 is 7.47. The van der Waals surface area contributed by atoms with Crippen LogP contribution in [0.15, 0.2) is 141 Å². The molecule has 4 aliphatic heterocycles. The number of fused-ring (bicyclic) bond motifs is 16. The van der Waals surface area contributed by atoms with Crippen LogP contribution in [0.4, 0.5) is 0 Å². The largest absolute Gasteiger partial charge is 0.458 e. The summed E-state index contributed by atoms with van der Waals surface area (Å²) in [6.07, 6.45) is 0. The van der Waals surface area contributed by atoms with E-state index < -0.39 is 0 Å². The molecule has 50 heavy (non-hydrogen) atoms. The van der Waals surface area contributed by atoms with Crippen molar-refractivity contribution in [1.29, 1.82) is 0 Å². The summed E-state index contributed by atoms with van der Waals surface area (Å²) in [7, 11) is 0. The van der Waals surface area contributed by atoms with E-state index in [0.717, 1.165) is 23.0 Å². The highest BCUT2D eigenvalue weighted by Crippen LogP contribution is 2.49. The van der Waals surface area contributed by atoms with Crippen molar-refractivity contribution in [3.8, 4) is 23.0 Å². The summed E-state index contributed by atoms with van der Waals surface area (Å²) in [5, 5.41) is 4.96. The van der Waals surface area contributed by atoms with Gasteiger partial charge in [-0.1, -0.05) is 113 Å². The third kappa shape index (κ3) is 3.41. The predicted octanol–water partition coefficient (Wildman–Crippen LogP) is 8.60. The van der Waals surface area contributed by atoms with Gasteiger partial charge in [0.05, 0.1) is 0 Å². The first kappa shape index (κ1) is 27.2. The summed E-state index contributed by atoms with van der Waals surface area (Å²) in [6, 6.07) is 44.9. The molecule has 9 aromatic rings. The second-order valence-corrected chi connectivity index (χ2v) is 17.8. The van der Waals surface area contributed by atoms with Crippen molar-refractivity contribution >= 4 is 133 Å². The minimum atomic E-state index is 0.0620. The average Bonchev–Trinajstić information content (AvgIpc) is 3.72. The van der Waals surface area contributed by atoms with Gasteiger partial charge in [-0.25, -0.2) is 0 Å². The van der Waals surface area contributed by atoms with Crippen LogP contribution in [0.25, 0.3) is 40.3 Å². The maximum atomic E-state index is 7.20. The van der Waals surface area contributed by atoms with Crippen molar-refractivity contribution in [3.05, 3.63) is 121 Å². The van der Waals surface area contributed by atoms with Crippen LogP contribution >= 0.6 is 46.2 Å². The van der Waals surface area contributed by atoms with E-state index in [1.165, 1.54) is 92.7 Å². The van der Waals surface area contributed by atoms with Gasteiger partial charge in [0.25, 0.3) is 13.4 Å². The van der Waals surface area contributed by atoms with Crippen LogP contribution in [0.5, 0.6) is 23.0 Å². The van der Waals surface area contributed by atoms with Crippen LogP contribution in [0.1, 0.15) is 0 Å². The van der Waals surface area contributed by atoms with Crippen molar-refractivity contribution in [2.24, 2.45) is 0 Å². The number of thiophene rings is 2. The lowest BCUT2D eigenvalue weighted by atomic mass is 9.32. The Balaban J connectivity index is 1.12. The van der Waals surface area contributed by atoms with Gasteiger partial charge in [0.15, 0.2) is 0 Å². The van der Waals surface area contributed by atoms with Gasteiger partial charge < -0.3 is 9.47 Å². The Morgan fingerprint density at radius 1 is 0.400 bits per heavy atom. The predicted molar refractivity (Wildman–Crippen MR) is 216 cm³/mol. The zero-order chi connectivity index (χ0) is 32.2. The summed E-state index contributed by atoms with van der Waals surface area (Å²) < 4.78 is 19.5. The molecule has 8 heteroatoms. The number of benzene rings is 7. The second kappa shape index (κ2) is 9.59. The van der Waals surface area contributed by atoms with Crippen LogP contribution < -0.4 is 42.3 Å². The minimum Gasteiger partial charge on any atom is -0.458 e. The number of hydrogen-bond donors (Lipinski definition) is 0. The van der Waals surface area contributed by atoms with Crippen LogP contribution in [0.2, 0.25) is 0 Å². The first-order chi connectivity index (χ1) is 24.8. The van der Waals surface area contributed by atoms with E-state index in [1.807, 2.05) is 46.2 Å². The van der Waals surface area contributed by atoms with Gasteiger partial charge in [0.2, 0.25) is 0 Å². The smallest absolute Gasteiger partial charge is 0.253 e. The first-order valence-electron chi connectivity index (χ1n) is 16.8. The molecule has 13 rings (SSSR count). The Labute approximate surface area is 304 Å². The Morgan fingerprint density at radius 3 is 1.38 bits per heavy atom. The monoisotopic (exact) mass is 706 g/mol. The van der Waals surface area contributed by atoms with Gasteiger partial charge >= 0.3 is 0 Å². The van der Waals surface area contributed by atoms with Crippen molar-refractivity contribution in [2.75, 3.05) is 0 Å². The van der Waals surface area contributed by atoms with E-state index in [4.69, 9.17) is 9.47 Å². The Bertz CT molecular complexity index is 2830. The molecule has 0 bridgehead atoms. The van der Waals surface area contributed by atoms with Crippen molar-refractivity contribution in [1.82, 2.24) is 0 Å². The average molecular weight is 707 g/mol. The summed E-state index contributed by atoms with van der Waals surface area (Å²) in [6.45, 7) is 0.124. The SMILES string of the molecule is c1ccc2c(c1)Sc1cc3sc4ccccc4c3c3c1B2c1cc2c(cc1O3)Oc1c3c(cc4sc5ccccc5c14)Sc1ccccc1B23. The minimum absolute atomic E-state index is 0.0620. The molecule has 2 aromatic heterocycles. The van der Waals surface area contributed by atoms with E-state index in [-0.39, 0.29) is 13.4 Å². The Morgan fingerprint density at radius 2 is 0.860 bits per heavy atom. The fourth-order valence-corrected chi connectivity index (χ4v) is 13.7. The normalized spacial score (nSPS) is 14.5. The fourth-order valence-electron chi connectivity index (χ4n) is 8.88. The molecule has 0 aliphatic carbocycles. The molecule has 6 heterocycles. The maximum Gasteiger partial charge on any atom is 0.253 e. The standard InChI is InChI=1S/C42H20B2O2S4/c1-5-13-29-21(9-1)37-33(47-29)19-35-39-41(37)45-27-18-28-26(17-25(27)43(39)23-11-3-7-15-31(23)49-35)44-24-12-4-8-16-32(24)50-36-20-34-38(42(46-28)40(36)44)22-10-2-6-14-30(22)48-34/h1-20H. The fraction of sp³-hybridized carbons (Fsp3) is 0. The van der Waals surface area contributed by atoms with E-state index in [2.05, 4.69) is 121 Å². The number of rotatable bonds is 0. The van der Waals surface area contributed by atoms with Crippen LogP contribution in [0, 0.1) is 0 Å². The zero-order valence-corrected chi connectivity index (χ0v) is 29.4. The van der Waals surface area contributed by atoms with Gasteiger partial charge in [-0.15, -0.1) is 22.7 Å². The first-order valence-corrected chi connectivity index (χ1v) is 20.1. The molecule has 0 spiro atoms. The van der Waals surface area contributed by atoms with Crippen LogP contribution in [-0.2, 0) is 0 Å². The van der Waals surface area contributed by atoms with E-state index >= 15 is 0 Å². The molecular weight excluding hydrogens is 686 g/mol. The quantitative estimate of drug-likeness (QED) is 0.147. The van der Waals surface area contributed by atoms with E-state index in [0.29, 0.717) is 0 Å². The highest BCUT2D eigenvalue weighted by Gasteiger charge is 2.45. The zero-order valence-electron chi connectivity index (χ0n) is 26.2. The van der Waals surface area contributed by atoms with E-state index in [1.54, 1.807) is 0 Å². The lowest BCUT2D eigenvalue weighted by Crippen LogP contribution is -2.61. The summed E-state index contributed by atoms with van der Waals surface area (Å²) in [5.74, 6) is 3.78. The lowest BCUT2D eigenvalue weighted by Gasteiger charge is -2.37. The second-order valence-electron chi connectivity index (χ2n) is 13.5. The van der Waals surface area contributed by atoms with Crippen molar-refractivity contribution in [2.45, 2.75) is 19.6 Å². The van der Waals surface area contributed by atoms with Crippen molar-refractivity contribution in [3.63, 3.8) is 0 Å². The third-order valence-corrected chi connectivity index (χ3v) is 15.4. The molecule has 0 amide bonds. The molecule has 0 saturated heterocycles. The summed E-state index contributed by atoms with van der Waals surface area (Å²) in [4.78, 5) is 5.22. The highest BCUT2D eigenvalue weighted by molar-refractivity contribution is 8.00. The summed E-state index contributed by atoms with van der Waals surface area (Å²) in [5.41, 5.74) is 7.71.